The quantitative estimate of drug-likeness (QED) is 0.113. The number of nitrogens with two attached hydrogens (primary N) is 1. The van der Waals surface area contributed by atoms with E-state index in [0.717, 1.165) is 6.07 Å². The number of rotatable bonds is 7. The molecule has 0 saturated carbocycles. The molecule has 3 aromatic carbocycles. The number of ether oxygens (including phenoxy) is 1. The van der Waals surface area contributed by atoms with E-state index in [-0.39, 0.29) is 38.1 Å². The number of cyclic esters (lactones) is 1. The van der Waals surface area contributed by atoms with Crippen LogP contribution in [-0.2, 0) is 9.53 Å². The van der Waals surface area contributed by atoms with Crippen molar-refractivity contribution in [2.45, 2.75) is 6.10 Å². The van der Waals surface area contributed by atoms with E-state index < -0.39 is 40.6 Å². The molecule has 0 saturated heterocycles. The van der Waals surface area contributed by atoms with Crippen LogP contribution in [0.1, 0.15) is 37.9 Å². The Hall–Kier alpha value is -4.31. The summed E-state index contributed by atoms with van der Waals surface area (Å²) < 4.78 is 5.51. The fraction of sp³-hybridized carbons (Fsp3) is 0.0800. The summed E-state index contributed by atoms with van der Waals surface area (Å²) in [6.07, 6.45) is -1.27. The molecule has 0 radical (unpaired) electrons. The van der Waals surface area contributed by atoms with Gasteiger partial charge in [-0.1, -0.05) is 41.4 Å². The zero-order valence-corrected chi connectivity index (χ0v) is 20.7. The van der Waals surface area contributed by atoms with Gasteiger partial charge in [-0.25, -0.2) is 10.0 Å². The van der Waals surface area contributed by atoms with Gasteiger partial charge in [-0.2, -0.15) is 15.6 Å². The number of amides is 1. The number of carbonyl (C=O) groups is 3. The van der Waals surface area contributed by atoms with Gasteiger partial charge >= 0.3 is 5.97 Å². The van der Waals surface area contributed by atoms with Crippen molar-refractivity contribution in [2.24, 2.45) is 16.9 Å². The number of nitriles is 1. The third kappa shape index (κ3) is 5.08. The molecule has 11 nitrogen and oxygen atoms in total. The molecule has 1 aliphatic heterocycles. The fourth-order valence-corrected chi connectivity index (χ4v) is 4.30. The maximum absolute atomic E-state index is 13.8. The molecule has 5 N–H and O–H groups in total. The van der Waals surface area contributed by atoms with Crippen LogP contribution in [0.3, 0.4) is 0 Å². The highest BCUT2D eigenvalue weighted by Crippen LogP contribution is 2.39. The molecule has 1 aliphatic rings. The number of esters is 1. The molecule has 0 bridgehead atoms. The number of anilines is 1. The third-order valence-corrected chi connectivity index (χ3v) is 6.55. The van der Waals surface area contributed by atoms with Crippen LogP contribution >= 0.6 is 23.2 Å². The highest BCUT2D eigenvalue weighted by Gasteiger charge is 2.45. The Balaban J connectivity index is 1.77. The number of nitrogens with zero attached hydrogens (tertiary/aromatic N) is 2. The van der Waals surface area contributed by atoms with Crippen molar-refractivity contribution in [3.05, 3.63) is 98.2 Å². The number of ketones is 1. The number of nitrogens with one attached hydrogen (secondary N) is 2. The summed E-state index contributed by atoms with van der Waals surface area (Å²) in [5.41, 5.74) is -0.294. The van der Waals surface area contributed by atoms with Gasteiger partial charge in [0.1, 0.15) is 23.8 Å². The maximum atomic E-state index is 13.8. The zero-order chi connectivity index (χ0) is 27.6. The number of carbonyl (C=O) groups excluding carboxylic acids is 3. The van der Waals surface area contributed by atoms with Crippen molar-refractivity contribution in [3.8, 4) is 6.07 Å². The minimum Gasteiger partial charge on any atom is -0.595 e. The van der Waals surface area contributed by atoms with E-state index in [4.69, 9.17) is 33.8 Å². The Kier molecular flexibility index (Phi) is 7.72. The summed E-state index contributed by atoms with van der Waals surface area (Å²) >= 11 is 12.1. The molecule has 3 aromatic rings. The number of quaternary nitrogens is 1. The minimum absolute atomic E-state index is 0.0438. The average Bonchev–Trinajstić information content (AvgIpc) is 3.24. The molecule has 13 heteroatoms. The summed E-state index contributed by atoms with van der Waals surface area (Å²) in [6, 6.07) is 15.7. The fourth-order valence-electron chi connectivity index (χ4n) is 4.00. The summed E-state index contributed by atoms with van der Waals surface area (Å²) in [4.78, 5) is 39.7. The van der Waals surface area contributed by atoms with Gasteiger partial charge in [0.15, 0.2) is 11.5 Å². The first kappa shape index (κ1) is 26.7. The van der Waals surface area contributed by atoms with Crippen molar-refractivity contribution >= 4 is 57.9 Å². The van der Waals surface area contributed by atoms with Crippen LogP contribution in [0, 0.1) is 22.5 Å². The SMILES string of the molecule is N#Cc1cc([NH+]([O-])O)ccc1NC(=O)/C(=N/N)C(C(=O)c1ccc(Cl)c(Cl)c1)C1OC(=O)c2ccccc21. The molecule has 192 valence electrons. The molecule has 38 heavy (non-hydrogen) atoms. The van der Waals surface area contributed by atoms with Gasteiger partial charge in [0.25, 0.3) is 5.91 Å². The van der Waals surface area contributed by atoms with Gasteiger partial charge in [-0.05, 0) is 30.3 Å². The van der Waals surface area contributed by atoms with Crippen LogP contribution in [0.4, 0.5) is 11.4 Å². The van der Waals surface area contributed by atoms with Crippen LogP contribution < -0.4 is 16.4 Å². The van der Waals surface area contributed by atoms with Gasteiger partial charge in [0.05, 0.1) is 26.9 Å². The average molecular weight is 554 g/mol. The van der Waals surface area contributed by atoms with Crippen LogP contribution in [0.25, 0.3) is 0 Å². The van der Waals surface area contributed by atoms with E-state index >= 15 is 0 Å². The molecule has 3 atom stereocenters. The van der Waals surface area contributed by atoms with E-state index in [1.165, 1.54) is 36.4 Å². The normalized spacial score (nSPS) is 16.1. The van der Waals surface area contributed by atoms with Crippen molar-refractivity contribution in [3.63, 3.8) is 0 Å². The van der Waals surface area contributed by atoms with Crippen LogP contribution in [0.15, 0.2) is 65.8 Å². The molecular formula is C25H17Cl2N5O6. The standard InChI is InChI=1S/C25H17Cl2N5O6/c26-17-7-5-12(10-18(17)27)22(33)20(23-15-3-1-2-4-16(15)25(35)38-23)21(31-29)24(34)30-19-8-6-14(32(36)37)9-13(19)11-28/h1-10,20,23,32,36H,29H2,(H,30,34)/b31-21+. The first-order valence-corrected chi connectivity index (χ1v) is 11.6. The van der Waals surface area contributed by atoms with E-state index in [9.17, 15) is 30.1 Å². The highest BCUT2D eigenvalue weighted by molar-refractivity contribution is 6.48. The van der Waals surface area contributed by atoms with Crippen molar-refractivity contribution in [1.82, 2.24) is 0 Å². The summed E-state index contributed by atoms with van der Waals surface area (Å²) in [5, 5.41) is 34.9. The molecule has 1 amide bonds. The highest BCUT2D eigenvalue weighted by atomic mass is 35.5. The lowest BCUT2D eigenvalue weighted by atomic mass is 9.84. The van der Waals surface area contributed by atoms with Crippen molar-refractivity contribution in [1.29, 1.82) is 5.26 Å². The van der Waals surface area contributed by atoms with Crippen LogP contribution in [0.5, 0.6) is 0 Å². The Labute approximate surface area is 225 Å². The van der Waals surface area contributed by atoms with Crippen molar-refractivity contribution < 1.29 is 29.6 Å². The van der Waals surface area contributed by atoms with E-state index in [2.05, 4.69) is 10.4 Å². The summed E-state index contributed by atoms with van der Waals surface area (Å²) in [5.74, 6) is 1.70. The molecular weight excluding hydrogens is 537 g/mol. The number of benzene rings is 3. The summed E-state index contributed by atoms with van der Waals surface area (Å²) in [7, 11) is 0. The predicted molar refractivity (Wildman–Crippen MR) is 136 cm³/mol. The molecule has 4 rings (SSSR count). The second-order valence-electron chi connectivity index (χ2n) is 8.03. The Morgan fingerprint density at radius 1 is 1.16 bits per heavy atom. The first-order chi connectivity index (χ1) is 18.2. The largest absolute Gasteiger partial charge is 0.595 e. The maximum Gasteiger partial charge on any atom is 0.339 e. The predicted octanol–water partition coefficient (Wildman–Crippen LogP) is 2.93. The smallest absolute Gasteiger partial charge is 0.339 e. The molecule has 0 aromatic heterocycles. The van der Waals surface area contributed by atoms with E-state index in [1.807, 2.05) is 0 Å². The number of fused-ring (bicyclic) bond motifs is 1. The van der Waals surface area contributed by atoms with E-state index in [0.29, 0.717) is 5.56 Å². The van der Waals surface area contributed by atoms with Gasteiger partial charge in [0.2, 0.25) is 0 Å². The van der Waals surface area contributed by atoms with Gasteiger partial charge in [-0.15, -0.1) is 0 Å². The lowest BCUT2D eigenvalue weighted by Crippen LogP contribution is -2.99. The second kappa shape index (κ2) is 11.0. The number of halogens is 2. The summed E-state index contributed by atoms with van der Waals surface area (Å²) in [6.45, 7) is 0. The second-order valence-corrected chi connectivity index (χ2v) is 8.84. The molecule has 3 unspecified atom stereocenters. The van der Waals surface area contributed by atoms with Crippen LogP contribution in [0.2, 0.25) is 10.0 Å². The minimum atomic E-state index is -1.52. The van der Waals surface area contributed by atoms with Crippen molar-refractivity contribution in [2.75, 3.05) is 5.32 Å². The van der Waals surface area contributed by atoms with Gasteiger partial charge in [0, 0.05) is 23.3 Å². The molecule has 0 aliphatic carbocycles. The monoisotopic (exact) mass is 553 g/mol. The topological polar surface area (TPSA) is 182 Å². The third-order valence-electron chi connectivity index (χ3n) is 5.81. The Morgan fingerprint density at radius 3 is 2.55 bits per heavy atom. The number of hydrogen-bond donors (Lipinski definition) is 4. The number of hydrogen-bond acceptors (Lipinski definition) is 9. The zero-order valence-electron chi connectivity index (χ0n) is 19.1. The van der Waals surface area contributed by atoms with Crippen LogP contribution in [-0.4, -0.2) is 28.6 Å². The molecule has 0 spiro atoms. The van der Waals surface area contributed by atoms with E-state index in [1.54, 1.807) is 24.3 Å². The Bertz CT molecular complexity index is 1530. The Morgan fingerprint density at radius 2 is 1.89 bits per heavy atom. The van der Waals surface area contributed by atoms with Gasteiger partial charge < -0.3 is 21.1 Å². The van der Waals surface area contributed by atoms with Gasteiger partial charge in [-0.3, -0.25) is 9.59 Å². The molecule has 1 heterocycles. The first-order valence-electron chi connectivity index (χ1n) is 10.8. The number of hydrazone groups is 1. The molecule has 0 fully saturated rings. The number of Topliss-reactive ketones (excluding diaryl/α,β-unsaturated/α-hetero) is 1. The lowest BCUT2D eigenvalue weighted by Gasteiger charge is -2.23. The lowest BCUT2D eigenvalue weighted by molar-refractivity contribution is -0.991.